The number of pyridine rings is 2. The Morgan fingerprint density at radius 3 is 2.91 bits per heavy atom. The van der Waals surface area contributed by atoms with Gasteiger partial charge in [-0.15, -0.1) is 11.3 Å². The van der Waals surface area contributed by atoms with Gasteiger partial charge in [-0.05, 0) is 23.6 Å². The molecule has 4 heterocycles. The minimum atomic E-state index is -0.108. The number of hydrogen-bond donors (Lipinski definition) is 0. The van der Waals surface area contributed by atoms with Gasteiger partial charge in [-0.3, -0.25) is 14.0 Å². The molecule has 0 saturated carbocycles. The van der Waals surface area contributed by atoms with Crippen molar-refractivity contribution in [2.24, 2.45) is 0 Å². The van der Waals surface area contributed by atoms with Crippen LogP contribution >= 0.6 is 11.3 Å². The molecular weight excluding hydrogens is 298 g/mol. The summed E-state index contributed by atoms with van der Waals surface area (Å²) in [6, 6.07) is 10.4. The Morgan fingerprint density at radius 1 is 1.09 bits per heavy atom. The van der Waals surface area contributed by atoms with Gasteiger partial charge in [-0.2, -0.15) is 0 Å². The Balaban J connectivity index is 1.86. The molecule has 0 saturated heterocycles. The average Bonchev–Trinajstić information content (AvgIpc) is 3.01. The van der Waals surface area contributed by atoms with E-state index in [0.717, 1.165) is 10.2 Å². The molecule has 22 heavy (non-hydrogen) atoms. The third-order valence-corrected chi connectivity index (χ3v) is 4.46. The molecule has 4 aromatic heterocycles. The Morgan fingerprint density at radius 2 is 2.00 bits per heavy atom. The maximum absolute atomic E-state index is 12.1. The van der Waals surface area contributed by atoms with Crippen LogP contribution in [0.15, 0.2) is 63.8 Å². The minimum absolute atomic E-state index is 0.0211. The Labute approximate surface area is 128 Å². The van der Waals surface area contributed by atoms with Crippen LogP contribution in [0.4, 0.5) is 0 Å². The highest BCUT2D eigenvalue weighted by atomic mass is 32.1. The van der Waals surface area contributed by atoms with Crippen LogP contribution in [0, 0.1) is 0 Å². The van der Waals surface area contributed by atoms with Gasteiger partial charge >= 0.3 is 0 Å². The van der Waals surface area contributed by atoms with Crippen molar-refractivity contribution in [2.45, 2.75) is 6.54 Å². The monoisotopic (exact) mass is 309 g/mol. The number of fused-ring (bicyclic) bond motifs is 2. The standard InChI is InChI=1S/C16H11N3O2S/c20-13-4-7-18(12-5-8-22-16(12)13)10-11-9-15(21)19-6-2-1-3-14(19)17-11/h1-9H,10H2. The Kier molecular flexibility index (Phi) is 2.90. The van der Waals surface area contributed by atoms with Crippen molar-refractivity contribution < 1.29 is 0 Å². The molecule has 0 unspecified atom stereocenters. The molecule has 0 aliphatic carbocycles. The van der Waals surface area contributed by atoms with Crippen molar-refractivity contribution in [1.29, 1.82) is 0 Å². The van der Waals surface area contributed by atoms with E-state index in [-0.39, 0.29) is 11.0 Å². The van der Waals surface area contributed by atoms with Gasteiger partial charge < -0.3 is 4.57 Å². The summed E-state index contributed by atoms with van der Waals surface area (Å²) in [5.41, 5.74) is 2.07. The molecule has 108 valence electrons. The van der Waals surface area contributed by atoms with Gasteiger partial charge in [0, 0.05) is 24.5 Å². The van der Waals surface area contributed by atoms with E-state index in [4.69, 9.17) is 0 Å². The summed E-state index contributed by atoms with van der Waals surface area (Å²) >= 11 is 1.42. The van der Waals surface area contributed by atoms with Crippen LogP contribution in [0.2, 0.25) is 0 Å². The van der Waals surface area contributed by atoms with Crippen LogP contribution in [-0.2, 0) is 6.54 Å². The summed E-state index contributed by atoms with van der Waals surface area (Å²) in [5, 5.41) is 1.89. The quantitative estimate of drug-likeness (QED) is 0.570. The molecule has 0 bridgehead atoms. The minimum Gasteiger partial charge on any atom is -0.341 e. The fourth-order valence-electron chi connectivity index (χ4n) is 2.52. The van der Waals surface area contributed by atoms with Crippen molar-refractivity contribution in [3.63, 3.8) is 0 Å². The zero-order valence-corrected chi connectivity index (χ0v) is 12.3. The van der Waals surface area contributed by atoms with Gasteiger partial charge in [-0.25, -0.2) is 4.98 Å². The van der Waals surface area contributed by atoms with Crippen LogP contribution in [0.5, 0.6) is 0 Å². The number of thiophene rings is 1. The first kappa shape index (κ1) is 13.0. The first-order valence-corrected chi connectivity index (χ1v) is 7.64. The van der Waals surface area contributed by atoms with Crippen molar-refractivity contribution in [2.75, 3.05) is 0 Å². The highest BCUT2D eigenvalue weighted by molar-refractivity contribution is 7.17. The second-order valence-electron chi connectivity index (χ2n) is 4.96. The molecule has 5 nitrogen and oxygen atoms in total. The lowest BCUT2D eigenvalue weighted by Crippen LogP contribution is -2.17. The van der Waals surface area contributed by atoms with E-state index < -0.39 is 0 Å². The van der Waals surface area contributed by atoms with E-state index in [1.807, 2.05) is 22.1 Å². The predicted molar refractivity (Wildman–Crippen MR) is 86.6 cm³/mol. The maximum Gasteiger partial charge on any atom is 0.258 e. The zero-order chi connectivity index (χ0) is 15.1. The lowest BCUT2D eigenvalue weighted by Gasteiger charge is -2.08. The highest BCUT2D eigenvalue weighted by Gasteiger charge is 2.07. The predicted octanol–water partition coefficient (Wildman–Crippen LogP) is 2.12. The Hall–Kier alpha value is -2.73. The van der Waals surface area contributed by atoms with Crippen LogP contribution in [0.1, 0.15) is 5.69 Å². The number of aromatic nitrogens is 3. The molecule has 4 rings (SSSR count). The summed E-state index contributed by atoms with van der Waals surface area (Å²) in [7, 11) is 0. The van der Waals surface area contributed by atoms with Gasteiger partial charge in [0.1, 0.15) is 5.65 Å². The number of rotatable bonds is 2. The Bertz CT molecular complexity index is 1110. The molecule has 0 amide bonds. The second-order valence-corrected chi connectivity index (χ2v) is 5.87. The fourth-order valence-corrected chi connectivity index (χ4v) is 3.35. The van der Waals surface area contributed by atoms with E-state index in [9.17, 15) is 9.59 Å². The van der Waals surface area contributed by atoms with Gasteiger partial charge in [0.2, 0.25) is 0 Å². The van der Waals surface area contributed by atoms with Crippen molar-refractivity contribution in [3.8, 4) is 0 Å². The molecule has 0 atom stereocenters. The van der Waals surface area contributed by atoms with Gasteiger partial charge in [0.25, 0.3) is 5.56 Å². The maximum atomic E-state index is 12.1. The normalized spacial score (nSPS) is 11.3. The molecule has 0 radical (unpaired) electrons. The van der Waals surface area contributed by atoms with Gasteiger partial charge in [-0.1, -0.05) is 6.07 Å². The van der Waals surface area contributed by atoms with E-state index in [0.29, 0.717) is 17.9 Å². The van der Waals surface area contributed by atoms with E-state index in [2.05, 4.69) is 4.98 Å². The van der Waals surface area contributed by atoms with Crippen molar-refractivity contribution >= 4 is 27.2 Å². The topological polar surface area (TPSA) is 56.4 Å². The lowest BCUT2D eigenvalue weighted by atomic mass is 10.3. The molecule has 4 aromatic rings. The summed E-state index contributed by atoms with van der Waals surface area (Å²) in [5.74, 6) is 0. The van der Waals surface area contributed by atoms with Crippen LogP contribution in [0.3, 0.4) is 0 Å². The van der Waals surface area contributed by atoms with Crippen LogP contribution in [0.25, 0.3) is 15.9 Å². The smallest absolute Gasteiger partial charge is 0.258 e. The molecule has 0 N–H and O–H groups in total. The zero-order valence-electron chi connectivity index (χ0n) is 11.5. The van der Waals surface area contributed by atoms with E-state index in [1.54, 1.807) is 30.6 Å². The number of hydrogen-bond acceptors (Lipinski definition) is 4. The summed E-state index contributed by atoms with van der Waals surface area (Å²) < 4.78 is 4.17. The fraction of sp³-hybridized carbons (Fsp3) is 0.0625. The highest BCUT2D eigenvalue weighted by Crippen LogP contribution is 2.17. The van der Waals surface area contributed by atoms with E-state index >= 15 is 0 Å². The lowest BCUT2D eigenvalue weighted by molar-refractivity contribution is 0.793. The molecule has 0 fully saturated rings. The second kappa shape index (κ2) is 4.92. The summed E-state index contributed by atoms with van der Waals surface area (Å²) in [6.45, 7) is 0.453. The molecule has 0 aliphatic rings. The van der Waals surface area contributed by atoms with Crippen LogP contribution < -0.4 is 11.0 Å². The van der Waals surface area contributed by atoms with Crippen LogP contribution in [-0.4, -0.2) is 14.0 Å². The third kappa shape index (κ3) is 2.05. The van der Waals surface area contributed by atoms with Crippen molar-refractivity contribution in [1.82, 2.24) is 14.0 Å². The first-order valence-electron chi connectivity index (χ1n) is 6.76. The van der Waals surface area contributed by atoms with Gasteiger partial charge in [0.05, 0.1) is 22.5 Å². The molecular formula is C16H11N3O2S. The van der Waals surface area contributed by atoms with Gasteiger partial charge in [0.15, 0.2) is 5.43 Å². The third-order valence-electron chi connectivity index (χ3n) is 3.54. The van der Waals surface area contributed by atoms with Crippen molar-refractivity contribution in [3.05, 3.63) is 80.4 Å². The molecule has 0 spiro atoms. The van der Waals surface area contributed by atoms with E-state index in [1.165, 1.54) is 21.8 Å². The molecule has 0 aliphatic heterocycles. The molecule has 0 aromatic carbocycles. The summed E-state index contributed by atoms with van der Waals surface area (Å²) in [4.78, 5) is 28.4. The SMILES string of the molecule is O=c1ccn(Cc2cc(=O)n3ccccc3n2)c2ccsc12. The average molecular weight is 309 g/mol. The summed E-state index contributed by atoms with van der Waals surface area (Å²) in [6.07, 6.45) is 3.44. The first-order chi connectivity index (χ1) is 10.7. The number of nitrogens with zero attached hydrogens (tertiary/aromatic N) is 3. The largest absolute Gasteiger partial charge is 0.341 e. The molecule has 6 heteroatoms.